The van der Waals surface area contributed by atoms with E-state index in [1.807, 2.05) is 91.2 Å². The van der Waals surface area contributed by atoms with Gasteiger partial charge in [0.1, 0.15) is 5.75 Å². The van der Waals surface area contributed by atoms with Crippen molar-refractivity contribution in [1.82, 2.24) is 20.2 Å². The number of benzene rings is 3. The molecule has 0 saturated heterocycles. The van der Waals surface area contributed by atoms with E-state index in [9.17, 15) is 4.79 Å². The van der Waals surface area contributed by atoms with Gasteiger partial charge in [0.15, 0.2) is 11.0 Å². The van der Waals surface area contributed by atoms with Crippen molar-refractivity contribution in [1.29, 1.82) is 0 Å². The van der Waals surface area contributed by atoms with Crippen LogP contribution in [0.15, 0.2) is 87.5 Å². The Hall–Kier alpha value is -3.43. The van der Waals surface area contributed by atoms with Gasteiger partial charge in [0.05, 0.1) is 18.6 Å². The summed E-state index contributed by atoms with van der Waals surface area (Å²) in [5.74, 6) is 1.36. The quantitative estimate of drug-likeness (QED) is 0.174. The van der Waals surface area contributed by atoms with Gasteiger partial charge in [0.25, 0.3) is 5.91 Å². The van der Waals surface area contributed by atoms with Crippen molar-refractivity contribution in [2.24, 2.45) is 5.10 Å². The van der Waals surface area contributed by atoms with Crippen molar-refractivity contribution in [3.8, 4) is 22.8 Å². The van der Waals surface area contributed by atoms with Crippen molar-refractivity contribution in [3.05, 3.63) is 88.4 Å². The van der Waals surface area contributed by atoms with Gasteiger partial charge in [-0.05, 0) is 67.9 Å². The first-order valence-corrected chi connectivity index (χ1v) is 12.6. The second kappa shape index (κ2) is 11.3. The van der Waals surface area contributed by atoms with E-state index < -0.39 is 0 Å². The number of nitrogens with one attached hydrogen (secondary N) is 1. The van der Waals surface area contributed by atoms with E-state index >= 15 is 0 Å². The minimum Gasteiger partial charge on any atom is -0.497 e. The molecular formula is C26H24BrN5O2S. The van der Waals surface area contributed by atoms with Crippen LogP contribution in [0.3, 0.4) is 0 Å². The fraction of sp³-hybridized carbons (Fsp3) is 0.154. The summed E-state index contributed by atoms with van der Waals surface area (Å²) >= 11 is 4.75. The molecule has 178 valence electrons. The fourth-order valence-corrected chi connectivity index (χ4v) is 4.45. The molecule has 0 aliphatic carbocycles. The van der Waals surface area contributed by atoms with Crippen LogP contribution in [0.4, 0.5) is 0 Å². The van der Waals surface area contributed by atoms with Gasteiger partial charge in [-0.3, -0.25) is 9.36 Å². The van der Waals surface area contributed by atoms with E-state index in [1.54, 1.807) is 7.11 Å². The number of ether oxygens (including phenoxy) is 1. The highest BCUT2D eigenvalue weighted by Crippen LogP contribution is 2.29. The highest BCUT2D eigenvalue weighted by Gasteiger charge is 2.17. The van der Waals surface area contributed by atoms with Crippen LogP contribution in [0.5, 0.6) is 5.75 Å². The molecule has 7 nitrogen and oxygen atoms in total. The molecule has 0 aliphatic heterocycles. The maximum atomic E-state index is 12.5. The largest absolute Gasteiger partial charge is 0.497 e. The number of rotatable bonds is 8. The second-order valence-corrected chi connectivity index (χ2v) is 9.60. The number of carbonyl (C=O) groups is 1. The standard InChI is InChI=1S/C26H24BrN5O2S/c1-17-7-11-22(12-8-17)32-25(19-9-13-23(34-3)14-10-19)30-31-26(32)35-16-24(33)29-28-18(2)20-5-4-6-21(27)15-20/h4-15H,16H2,1-3H3,(H,29,33)/b28-18+. The number of thioether (sulfide) groups is 1. The van der Waals surface area contributed by atoms with E-state index in [0.29, 0.717) is 16.7 Å². The van der Waals surface area contributed by atoms with Crippen LogP contribution in [0.2, 0.25) is 0 Å². The highest BCUT2D eigenvalue weighted by atomic mass is 79.9. The number of amides is 1. The molecule has 0 unspecified atom stereocenters. The lowest BCUT2D eigenvalue weighted by molar-refractivity contribution is -0.118. The van der Waals surface area contributed by atoms with Crippen molar-refractivity contribution in [2.45, 2.75) is 19.0 Å². The third-order valence-corrected chi connectivity index (χ3v) is 6.62. The first-order chi connectivity index (χ1) is 16.9. The third kappa shape index (κ3) is 6.17. The van der Waals surface area contributed by atoms with Gasteiger partial charge in [-0.25, -0.2) is 5.43 Å². The topological polar surface area (TPSA) is 81.4 Å². The SMILES string of the molecule is COc1ccc(-c2nnc(SCC(=O)N/N=C(\C)c3cccc(Br)c3)n2-c2ccc(C)cc2)cc1. The van der Waals surface area contributed by atoms with Gasteiger partial charge in [-0.15, -0.1) is 10.2 Å². The molecule has 1 aromatic heterocycles. The van der Waals surface area contributed by atoms with E-state index in [1.165, 1.54) is 11.8 Å². The number of aryl methyl sites for hydroxylation is 1. The number of hydrazone groups is 1. The monoisotopic (exact) mass is 549 g/mol. The summed E-state index contributed by atoms with van der Waals surface area (Å²) in [5.41, 5.74) is 7.23. The first-order valence-electron chi connectivity index (χ1n) is 10.8. The van der Waals surface area contributed by atoms with Crippen LogP contribution in [0, 0.1) is 6.92 Å². The molecule has 9 heteroatoms. The van der Waals surface area contributed by atoms with Gasteiger partial charge in [-0.1, -0.05) is 57.5 Å². The molecule has 4 aromatic rings. The molecule has 1 N–H and O–H groups in total. The number of methoxy groups -OCH3 is 1. The summed E-state index contributed by atoms with van der Waals surface area (Å²) in [6, 6.07) is 23.5. The molecule has 0 saturated carbocycles. The van der Waals surface area contributed by atoms with E-state index in [4.69, 9.17) is 4.74 Å². The zero-order valence-corrected chi connectivity index (χ0v) is 21.9. The Bertz CT molecular complexity index is 1350. The summed E-state index contributed by atoms with van der Waals surface area (Å²) in [4.78, 5) is 12.5. The molecule has 3 aromatic carbocycles. The summed E-state index contributed by atoms with van der Waals surface area (Å²) < 4.78 is 8.18. The zero-order chi connectivity index (χ0) is 24.8. The highest BCUT2D eigenvalue weighted by molar-refractivity contribution is 9.10. The number of carbonyl (C=O) groups excluding carboxylic acids is 1. The Balaban J connectivity index is 1.54. The molecular weight excluding hydrogens is 526 g/mol. The molecule has 0 aliphatic rings. The van der Waals surface area contributed by atoms with E-state index in [0.717, 1.165) is 32.6 Å². The normalized spacial score (nSPS) is 11.4. The minimum absolute atomic E-state index is 0.141. The van der Waals surface area contributed by atoms with Gasteiger partial charge in [0.2, 0.25) is 0 Å². The average Bonchev–Trinajstić information content (AvgIpc) is 3.30. The Morgan fingerprint density at radius 3 is 2.51 bits per heavy atom. The van der Waals surface area contributed by atoms with Crippen LogP contribution in [-0.2, 0) is 4.79 Å². The summed E-state index contributed by atoms with van der Waals surface area (Å²) in [6.07, 6.45) is 0. The Kier molecular flexibility index (Phi) is 7.99. The third-order valence-electron chi connectivity index (χ3n) is 5.20. The van der Waals surface area contributed by atoms with Crippen molar-refractivity contribution in [2.75, 3.05) is 12.9 Å². The summed E-state index contributed by atoms with van der Waals surface area (Å²) in [5, 5.41) is 13.7. The Morgan fingerprint density at radius 2 is 1.83 bits per heavy atom. The number of hydrogen-bond acceptors (Lipinski definition) is 6. The molecule has 35 heavy (non-hydrogen) atoms. The second-order valence-electron chi connectivity index (χ2n) is 7.74. The smallest absolute Gasteiger partial charge is 0.250 e. The molecule has 1 amide bonds. The molecule has 4 rings (SSSR count). The lowest BCUT2D eigenvalue weighted by Gasteiger charge is -2.11. The summed E-state index contributed by atoms with van der Waals surface area (Å²) in [7, 11) is 1.63. The van der Waals surface area contributed by atoms with Crippen LogP contribution >= 0.6 is 27.7 Å². The number of nitrogens with zero attached hydrogens (tertiary/aromatic N) is 4. The van der Waals surface area contributed by atoms with Crippen LogP contribution in [-0.4, -0.2) is 39.2 Å². The first kappa shape index (κ1) is 24.7. The van der Waals surface area contributed by atoms with Gasteiger partial charge in [-0.2, -0.15) is 5.10 Å². The summed E-state index contributed by atoms with van der Waals surface area (Å²) in [6.45, 7) is 3.89. The van der Waals surface area contributed by atoms with Crippen molar-refractivity contribution < 1.29 is 9.53 Å². The Labute approximate surface area is 216 Å². The minimum atomic E-state index is -0.228. The van der Waals surface area contributed by atoms with Gasteiger partial charge < -0.3 is 4.74 Å². The molecule has 0 bridgehead atoms. The number of aromatic nitrogens is 3. The van der Waals surface area contributed by atoms with Crippen LogP contribution in [0.1, 0.15) is 18.1 Å². The predicted octanol–water partition coefficient (Wildman–Crippen LogP) is 5.65. The molecule has 0 spiro atoms. The molecule has 0 fully saturated rings. The van der Waals surface area contributed by atoms with Crippen LogP contribution < -0.4 is 10.2 Å². The van der Waals surface area contributed by atoms with Gasteiger partial charge >= 0.3 is 0 Å². The predicted molar refractivity (Wildman–Crippen MR) is 143 cm³/mol. The molecule has 0 atom stereocenters. The maximum Gasteiger partial charge on any atom is 0.250 e. The lowest BCUT2D eigenvalue weighted by Crippen LogP contribution is -2.21. The van der Waals surface area contributed by atoms with Crippen LogP contribution in [0.25, 0.3) is 17.1 Å². The number of hydrogen-bond donors (Lipinski definition) is 1. The molecule has 0 radical (unpaired) electrons. The number of halogens is 1. The maximum absolute atomic E-state index is 12.5. The van der Waals surface area contributed by atoms with E-state index in [2.05, 4.69) is 36.7 Å². The van der Waals surface area contributed by atoms with Crippen molar-refractivity contribution in [3.63, 3.8) is 0 Å². The average molecular weight is 550 g/mol. The Morgan fingerprint density at radius 1 is 1.09 bits per heavy atom. The van der Waals surface area contributed by atoms with Crippen molar-refractivity contribution >= 4 is 39.3 Å². The van der Waals surface area contributed by atoms with Gasteiger partial charge in [0, 0.05) is 15.7 Å². The lowest BCUT2D eigenvalue weighted by atomic mass is 10.1. The molecule has 1 heterocycles. The van der Waals surface area contributed by atoms with E-state index in [-0.39, 0.29) is 11.7 Å². The zero-order valence-electron chi connectivity index (χ0n) is 19.5. The fourth-order valence-electron chi connectivity index (χ4n) is 3.30.